The van der Waals surface area contributed by atoms with Gasteiger partial charge in [0.15, 0.2) is 5.69 Å². The summed E-state index contributed by atoms with van der Waals surface area (Å²) in [5, 5.41) is 21.1. The summed E-state index contributed by atoms with van der Waals surface area (Å²) in [4.78, 5) is 23.5. The van der Waals surface area contributed by atoms with Crippen molar-refractivity contribution < 1.29 is 14.7 Å². The first-order valence-electron chi connectivity index (χ1n) is 8.58. The molecule has 2 N–H and O–H groups in total. The lowest BCUT2D eigenvalue weighted by atomic mass is 10.2. The van der Waals surface area contributed by atoms with Gasteiger partial charge in [-0.05, 0) is 25.5 Å². The van der Waals surface area contributed by atoms with Gasteiger partial charge in [-0.25, -0.2) is 0 Å². The molecule has 3 aromatic rings. The Balaban J connectivity index is 1.96. The quantitative estimate of drug-likeness (QED) is 0.547. The molecule has 27 heavy (non-hydrogen) atoms. The van der Waals surface area contributed by atoms with Crippen LogP contribution in [0.1, 0.15) is 19.4 Å². The van der Waals surface area contributed by atoms with E-state index in [9.17, 15) is 14.7 Å². The fraction of sp³-hybridized carbons (Fsp3) is 0.200. The number of aromatic hydroxyl groups is 1. The lowest BCUT2D eigenvalue weighted by Gasteiger charge is -2.06. The molecule has 2 amide bonds. The van der Waals surface area contributed by atoms with Crippen molar-refractivity contribution in [3.05, 3.63) is 60.2 Å². The lowest BCUT2D eigenvalue weighted by molar-refractivity contribution is -0.137. The molecule has 3 rings (SSSR count). The van der Waals surface area contributed by atoms with E-state index < -0.39 is 11.8 Å². The first-order chi connectivity index (χ1) is 13.0. The number of azo groups is 1. The number of fused-ring (bicyclic) bond motifs is 1. The van der Waals surface area contributed by atoms with Gasteiger partial charge >= 0.3 is 11.8 Å². The molecule has 7 heteroatoms. The van der Waals surface area contributed by atoms with Crippen LogP contribution in [0.4, 0.5) is 5.69 Å². The number of benzene rings is 2. The Labute approximate surface area is 156 Å². The highest BCUT2D eigenvalue weighted by molar-refractivity contribution is 6.35. The van der Waals surface area contributed by atoms with E-state index in [2.05, 4.69) is 15.5 Å². The SMILES string of the molecule is CC(C)NC(=O)C(=O)N=Nc1c(O)n(Cc2ccccc2)c2ccccc12. The second kappa shape index (κ2) is 7.82. The molecule has 7 nitrogen and oxygen atoms in total. The highest BCUT2D eigenvalue weighted by atomic mass is 16.3. The number of hydrogen-bond donors (Lipinski definition) is 2. The molecule has 2 aromatic carbocycles. The number of aromatic nitrogens is 1. The van der Waals surface area contributed by atoms with Gasteiger partial charge in [-0.1, -0.05) is 48.5 Å². The zero-order valence-corrected chi connectivity index (χ0v) is 15.1. The fourth-order valence-electron chi connectivity index (χ4n) is 2.76. The van der Waals surface area contributed by atoms with Gasteiger partial charge in [0, 0.05) is 11.4 Å². The van der Waals surface area contributed by atoms with E-state index in [0.29, 0.717) is 11.9 Å². The van der Waals surface area contributed by atoms with Crippen LogP contribution in [0.15, 0.2) is 64.8 Å². The van der Waals surface area contributed by atoms with Gasteiger partial charge in [0.25, 0.3) is 0 Å². The largest absolute Gasteiger partial charge is 0.493 e. The summed E-state index contributed by atoms with van der Waals surface area (Å²) >= 11 is 0. The van der Waals surface area contributed by atoms with E-state index in [1.54, 1.807) is 30.5 Å². The molecule has 0 bridgehead atoms. The maximum absolute atomic E-state index is 11.8. The molecular weight excluding hydrogens is 344 g/mol. The van der Waals surface area contributed by atoms with Gasteiger partial charge < -0.3 is 15.0 Å². The van der Waals surface area contributed by atoms with Crippen molar-refractivity contribution >= 4 is 28.4 Å². The summed E-state index contributed by atoms with van der Waals surface area (Å²) in [6.07, 6.45) is 0. The summed E-state index contributed by atoms with van der Waals surface area (Å²) in [5.74, 6) is -1.95. The first-order valence-corrected chi connectivity index (χ1v) is 8.58. The minimum Gasteiger partial charge on any atom is -0.493 e. The lowest BCUT2D eigenvalue weighted by Crippen LogP contribution is -2.34. The van der Waals surface area contributed by atoms with Crippen molar-refractivity contribution in [3.8, 4) is 5.88 Å². The van der Waals surface area contributed by atoms with Crippen molar-refractivity contribution in [1.29, 1.82) is 0 Å². The summed E-state index contributed by atoms with van der Waals surface area (Å²) < 4.78 is 1.69. The van der Waals surface area contributed by atoms with Crippen LogP contribution >= 0.6 is 0 Å². The molecule has 0 radical (unpaired) electrons. The molecule has 0 spiro atoms. The zero-order chi connectivity index (χ0) is 19.4. The molecule has 1 aromatic heterocycles. The molecule has 0 saturated heterocycles. The van der Waals surface area contributed by atoms with Crippen molar-refractivity contribution in [3.63, 3.8) is 0 Å². The predicted octanol–water partition coefficient (Wildman–Crippen LogP) is 3.53. The Morgan fingerprint density at radius 3 is 2.44 bits per heavy atom. The molecule has 0 saturated carbocycles. The molecule has 0 aliphatic heterocycles. The minimum atomic E-state index is -1.01. The molecular formula is C20H20N4O3. The number of nitrogens with one attached hydrogen (secondary N) is 1. The fourth-order valence-corrected chi connectivity index (χ4v) is 2.76. The summed E-state index contributed by atoms with van der Waals surface area (Å²) in [6, 6.07) is 16.8. The molecule has 0 atom stereocenters. The highest BCUT2D eigenvalue weighted by Gasteiger charge is 2.18. The monoisotopic (exact) mass is 364 g/mol. The maximum Gasteiger partial charge on any atom is 0.353 e. The third-order valence-electron chi connectivity index (χ3n) is 3.96. The van der Waals surface area contributed by atoms with Crippen molar-refractivity contribution in [1.82, 2.24) is 9.88 Å². The van der Waals surface area contributed by atoms with Crippen LogP contribution in [0, 0.1) is 0 Å². The maximum atomic E-state index is 11.8. The van der Waals surface area contributed by atoms with Gasteiger partial charge in [-0.2, -0.15) is 0 Å². The predicted molar refractivity (Wildman–Crippen MR) is 102 cm³/mol. The number of para-hydroxylation sites is 1. The summed E-state index contributed by atoms with van der Waals surface area (Å²) in [5.41, 5.74) is 1.92. The Hall–Kier alpha value is -3.48. The van der Waals surface area contributed by atoms with E-state index >= 15 is 0 Å². The van der Waals surface area contributed by atoms with Crippen LogP contribution in [0.2, 0.25) is 0 Å². The average molecular weight is 364 g/mol. The number of carbonyl (C=O) groups is 2. The van der Waals surface area contributed by atoms with Crippen LogP contribution in [-0.4, -0.2) is 27.5 Å². The number of hydrogen-bond acceptors (Lipinski definition) is 4. The normalized spacial score (nSPS) is 11.4. The van der Waals surface area contributed by atoms with Crippen LogP contribution < -0.4 is 5.32 Å². The van der Waals surface area contributed by atoms with Crippen LogP contribution in [-0.2, 0) is 16.1 Å². The number of rotatable bonds is 4. The van der Waals surface area contributed by atoms with E-state index in [-0.39, 0.29) is 17.6 Å². The molecule has 0 unspecified atom stereocenters. The van der Waals surface area contributed by atoms with E-state index in [1.807, 2.05) is 42.5 Å². The Morgan fingerprint density at radius 1 is 1.07 bits per heavy atom. The van der Waals surface area contributed by atoms with Gasteiger partial charge in [0.2, 0.25) is 5.88 Å². The number of amides is 2. The first kappa shape index (κ1) is 18.3. The molecule has 0 aliphatic carbocycles. The third kappa shape index (κ3) is 4.03. The van der Waals surface area contributed by atoms with Crippen LogP contribution in [0.3, 0.4) is 0 Å². The molecule has 138 valence electrons. The van der Waals surface area contributed by atoms with E-state index in [4.69, 9.17) is 0 Å². The Morgan fingerprint density at radius 2 is 1.74 bits per heavy atom. The summed E-state index contributed by atoms with van der Waals surface area (Å²) in [7, 11) is 0. The van der Waals surface area contributed by atoms with Crippen LogP contribution in [0.5, 0.6) is 5.88 Å². The Kier molecular flexibility index (Phi) is 5.30. The number of nitrogens with zero attached hydrogens (tertiary/aromatic N) is 3. The minimum absolute atomic E-state index is 0.110. The average Bonchev–Trinajstić information content (AvgIpc) is 2.92. The standard InChI is InChI=1S/C20H20N4O3/c1-13(2)21-18(25)19(26)23-22-17-15-10-6-7-11-16(15)24(20(17)27)12-14-8-4-3-5-9-14/h3-11,13,27H,12H2,1-2H3,(H,21,25). The van der Waals surface area contributed by atoms with Crippen LogP contribution in [0.25, 0.3) is 10.9 Å². The Bertz CT molecular complexity index is 1010. The highest BCUT2D eigenvalue weighted by Crippen LogP contribution is 2.39. The molecule has 1 heterocycles. The topological polar surface area (TPSA) is 96.1 Å². The van der Waals surface area contributed by atoms with Crippen molar-refractivity contribution in [2.75, 3.05) is 0 Å². The van der Waals surface area contributed by atoms with E-state index in [0.717, 1.165) is 11.1 Å². The zero-order valence-electron chi connectivity index (χ0n) is 15.1. The van der Waals surface area contributed by atoms with Gasteiger partial charge in [0.1, 0.15) is 0 Å². The summed E-state index contributed by atoms with van der Waals surface area (Å²) in [6.45, 7) is 3.92. The van der Waals surface area contributed by atoms with Crippen molar-refractivity contribution in [2.45, 2.75) is 26.4 Å². The van der Waals surface area contributed by atoms with Gasteiger partial charge in [0.05, 0.1) is 12.1 Å². The van der Waals surface area contributed by atoms with Gasteiger partial charge in [-0.3, -0.25) is 9.59 Å². The molecule has 0 aliphatic rings. The van der Waals surface area contributed by atoms with Crippen molar-refractivity contribution in [2.24, 2.45) is 10.2 Å². The molecule has 0 fully saturated rings. The second-order valence-electron chi connectivity index (χ2n) is 6.39. The second-order valence-corrected chi connectivity index (χ2v) is 6.39. The van der Waals surface area contributed by atoms with E-state index in [1.165, 1.54) is 0 Å². The smallest absolute Gasteiger partial charge is 0.353 e. The van der Waals surface area contributed by atoms with Gasteiger partial charge in [-0.15, -0.1) is 10.2 Å². The number of carbonyl (C=O) groups excluding carboxylic acids is 2. The third-order valence-corrected chi connectivity index (χ3v) is 3.96.